The van der Waals surface area contributed by atoms with Crippen molar-refractivity contribution in [3.63, 3.8) is 0 Å². The number of tetrazole rings is 1. The highest BCUT2D eigenvalue weighted by Gasteiger charge is 2.31. The molecular weight excluding hydrogens is 269 g/mol. The fourth-order valence-corrected chi connectivity index (χ4v) is 3.19. The molecule has 2 aromatic rings. The van der Waals surface area contributed by atoms with Gasteiger partial charge in [-0.05, 0) is 46.9 Å². The Balaban J connectivity index is 1.98. The molecule has 1 fully saturated rings. The van der Waals surface area contributed by atoms with Crippen molar-refractivity contribution in [1.29, 1.82) is 0 Å². The third-order valence-electron chi connectivity index (χ3n) is 4.72. The molecule has 1 aliphatic rings. The Kier molecular flexibility index (Phi) is 3.61. The third-order valence-corrected chi connectivity index (χ3v) is 4.72. The number of hydrogen-bond donors (Lipinski definition) is 1. The van der Waals surface area contributed by atoms with E-state index in [0.29, 0.717) is 17.7 Å². The summed E-state index contributed by atoms with van der Waals surface area (Å²) >= 11 is 0. The molecule has 0 amide bonds. The predicted octanol–water partition coefficient (Wildman–Crippen LogP) is 3.06. The van der Waals surface area contributed by atoms with Gasteiger partial charge in [-0.1, -0.05) is 26.7 Å². The van der Waals surface area contributed by atoms with E-state index in [2.05, 4.69) is 29.4 Å². The highest BCUT2D eigenvalue weighted by atomic mass is 19.1. The number of hydrogen-bond acceptors (Lipinski definition) is 4. The Morgan fingerprint density at radius 1 is 1.29 bits per heavy atom. The van der Waals surface area contributed by atoms with E-state index in [0.717, 1.165) is 12.0 Å². The number of nitrogens with zero attached hydrogens (tertiary/aromatic N) is 4. The summed E-state index contributed by atoms with van der Waals surface area (Å²) in [5.74, 6) is 1.41. The quantitative estimate of drug-likeness (QED) is 0.863. The standard InChI is InChI=1S/C15H20FN5/c1-9-4-3-5-14(10(9)2)21-15(18-19-20-21)11-6-7-12(16)13(17)8-11/h6-10,14H,3-5,17H2,1-2H3. The molecule has 5 nitrogen and oxygen atoms in total. The molecule has 1 aromatic carbocycles. The van der Waals surface area contributed by atoms with Crippen LogP contribution in [-0.4, -0.2) is 20.2 Å². The zero-order chi connectivity index (χ0) is 15.0. The highest BCUT2D eigenvalue weighted by molar-refractivity contribution is 5.61. The number of nitrogens with two attached hydrogens (primary N) is 1. The lowest BCUT2D eigenvalue weighted by molar-refractivity contribution is 0.174. The summed E-state index contributed by atoms with van der Waals surface area (Å²) in [5.41, 5.74) is 6.52. The Morgan fingerprint density at radius 2 is 2.10 bits per heavy atom. The zero-order valence-corrected chi connectivity index (χ0v) is 12.3. The number of rotatable bonds is 2. The predicted molar refractivity (Wildman–Crippen MR) is 78.8 cm³/mol. The molecule has 3 rings (SSSR count). The van der Waals surface area contributed by atoms with Gasteiger partial charge in [-0.25, -0.2) is 9.07 Å². The molecular formula is C15H20FN5. The molecule has 6 heteroatoms. The second-order valence-corrected chi connectivity index (χ2v) is 6.02. The van der Waals surface area contributed by atoms with Crippen LogP contribution in [0.25, 0.3) is 11.4 Å². The molecule has 2 N–H and O–H groups in total. The summed E-state index contributed by atoms with van der Waals surface area (Å²) in [6, 6.07) is 4.90. The number of nitrogen functional groups attached to an aromatic ring is 1. The molecule has 112 valence electrons. The van der Waals surface area contributed by atoms with E-state index in [1.54, 1.807) is 12.1 Å². The molecule has 3 atom stereocenters. The minimum absolute atomic E-state index is 0.118. The van der Waals surface area contributed by atoms with E-state index in [9.17, 15) is 4.39 Å². The van der Waals surface area contributed by atoms with Crippen molar-refractivity contribution in [2.75, 3.05) is 5.73 Å². The monoisotopic (exact) mass is 289 g/mol. The van der Waals surface area contributed by atoms with E-state index in [-0.39, 0.29) is 11.7 Å². The molecule has 1 heterocycles. The van der Waals surface area contributed by atoms with Crippen molar-refractivity contribution in [2.24, 2.45) is 11.8 Å². The van der Waals surface area contributed by atoms with Crippen LogP contribution in [0.3, 0.4) is 0 Å². The number of anilines is 1. The normalized spacial score (nSPS) is 26.0. The van der Waals surface area contributed by atoms with Crippen LogP contribution < -0.4 is 5.73 Å². The van der Waals surface area contributed by atoms with E-state index >= 15 is 0 Å². The summed E-state index contributed by atoms with van der Waals surface area (Å²) < 4.78 is 15.2. The van der Waals surface area contributed by atoms with Crippen LogP contribution in [0.15, 0.2) is 18.2 Å². The van der Waals surface area contributed by atoms with Crippen LogP contribution in [-0.2, 0) is 0 Å². The molecule has 0 radical (unpaired) electrons. The summed E-state index contributed by atoms with van der Waals surface area (Å²) in [7, 11) is 0. The van der Waals surface area contributed by atoms with Crippen LogP contribution in [0.2, 0.25) is 0 Å². The average molecular weight is 289 g/mol. The van der Waals surface area contributed by atoms with E-state index < -0.39 is 5.82 Å². The van der Waals surface area contributed by atoms with Crippen molar-refractivity contribution < 1.29 is 4.39 Å². The maximum Gasteiger partial charge on any atom is 0.182 e. The van der Waals surface area contributed by atoms with Gasteiger partial charge in [0.15, 0.2) is 5.82 Å². The average Bonchev–Trinajstić information content (AvgIpc) is 2.94. The van der Waals surface area contributed by atoms with Gasteiger partial charge in [-0.15, -0.1) is 5.10 Å². The summed E-state index contributed by atoms with van der Waals surface area (Å²) in [6.07, 6.45) is 3.50. The second-order valence-electron chi connectivity index (χ2n) is 6.02. The van der Waals surface area contributed by atoms with Gasteiger partial charge in [0.05, 0.1) is 11.7 Å². The fourth-order valence-electron chi connectivity index (χ4n) is 3.19. The molecule has 1 aliphatic carbocycles. The topological polar surface area (TPSA) is 69.6 Å². The number of benzene rings is 1. The maximum atomic E-state index is 13.3. The van der Waals surface area contributed by atoms with Gasteiger partial charge in [0, 0.05) is 5.56 Å². The Hall–Kier alpha value is -1.98. The van der Waals surface area contributed by atoms with E-state index in [1.165, 1.54) is 18.9 Å². The second kappa shape index (κ2) is 5.42. The Labute approximate surface area is 123 Å². The molecule has 1 saturated carbocycles. The zero-order valence-electron chi connectivity index (χ0n) is 12.3. The smallest absolute Gasteiger partial charge is 0.182 e. The van der Waals surface area contributed by atoms with Gasteiger partial charge in [-0.3, -0.25) is 0 Å². The van der Waals surface area contributed by atoms with Gasteiger partial charge >= 0.3 is 0 Å². The lowest BCUT2D eigenvalue weighted by Crippen LogP contribution is -2.28. The minimum atomic E-state index is -0.419. The Morgan fingerprint density at radius 3 is 2.86 bits per heavy atom. The maximum absolute atomic E-state index is 13.3. The summed E-state index contributed by atoms with van der Waals surface area (Å²) in [4.78, 5) is 0. The van der Waals surface area contributed by atoms with Crippen molar-refractivity contribution >= 4 is 5.69 Å². The lowest BCUT2D eigenvalue weighted by Gasteiger charge is -2.34. The van der Waals surface area contributed by atoms with Crippen molar-refractivity contribution in [3.05, 3.63) is 24.0 Å². The van der Waals surface area contributed by atoms with Crippen molar-refractivity contribution in [2.45, 2.75) is 39.2 Å². The van der Waals surface area contributed by atoms with Gasteiger partial charge in [0.1, 0.15) is 5.82 Å². The van der Waals surface area contributed by atoms with Gasteiger partial charge in [0.25, 0.3) is 0 Å². The lowest BCUT2D eigenvalue weighted by atomic mass is 9.78. The highest BCUT2D eigenvalue weighted by Crippen LogP contribution is 2.38. The van der Waals surface area contributed by atoms with Crippen LogP contribution in [0.5, 0.6) is 0 Å². The SMILES string of the molecule is CC1CCCC(n2nnnc2-c2ccc(F)c(N)c2)C1C. The van der Waals surface area contributed by atoms with Crippen LogP contribution in [0.4, 0.5) is 10.1 Å². The first-order valence-electron chi connectivity index (χ1n) is 7.41. The molecule has 21 heavy (non-hydrogen) atoms. The van der Waals surface area contributed by atoms with E-state index in [4.69, 9.17) is 5.73 Å². The first kappa shape index (κ1) is 14.0. The first-order chi connectivity index (χ1) is 10.1. The van der Waals surface area contributed by atoms with Crippen LogP contribution in [0.1, 0.15) is 39.2 Å². The Bertz CT molecular complexity index is 639. The molecule has 0 aliphatic heterocycles. The third kappa shape index (κ3) is 2.50. The largest absolute Gasteiger partial charge is 0.396 e. The molecule has 0 spiro atoms. The number of aromatic nitrogens is 4. The summed E-state index contributed by atoms with van der Waals surface area (Å²) in [6.45, 7) is 4.52. The minimum Gasteiger partial charge on any atom is -0.396 e. The first-order valence-corrected chi connectivity index (χ1v) is 7.41. The van der Waals surface area contributed by atoms with Gasteiger partial charge in [-0.2, -0.15) is 0 Å². The van der Waals surface area contributed by atoms with Crippen LogP contribution >= 0.6 is 0 Å². The fraction of sp³-hybridized carbons (Fsp3) is 0.533. The molecule has 1 aromatic heterocycles. The van der Waals surface area contributed by atoms with Gasteiger partial charge in [0.2, 0.25) is 0 Å². The van der Waals surface area contributed by atoms with E-state index in [1.807, 2.05) is 4.68 Å². The molecule has 0 bridgehead atoms. The molecule has 0 saturated heterocycles. The van der Waals surface area contributed by atoms with Crippen molar-refractivity contribution in [3.8, 4) is 11.4 Å². The number of halogens is 1. The molecule has 3 unspecified atom stereocenters. The van der Waals surface area contributed by atoms with Gasteiger partial charge < -0.3 is 5.73 Å². The van der Waals surface area contributed by atoms with Crippen LogP contribution in [0, 0.1) is 17.7 Å². The summed E-state index contributed by atoms with van der Waals surface area (Å²) in [5, 5.41) is 12.1. The van der Waals surface area contributed by atoms with Crippen molar-refractivity contribution in [1.82, 2.24) is 20.2 Å².